The quantitative estimate of drug-likeness (QED) is 0.343. The number of benzene rings is 1. The van der Waals surface area contributed by atoms with Crippen molar-refractivity contribution in [2.45, 2.75) is 32.2 Å². The zero-order valence-electron chi connectivity index (χ0n) is 17.8. The van der Waals surface area contributed by atoms with Gasteiger partial charge in [-0.3, -0.25) is 14.7 Å². The predicted octanol–water partition coefficient (Wildman–Crippen LogP) is -1.12. The Hall–Kier alpha value is -1.06. The van der Waals surface area contributed by atoms with E-state index in [9.17, 15) is 19.0 Å². The van der Waals surface area contributed by atoms with E-state index in [1.165, 1.54) is 16.2 Å². The molecule has 11 heteroatoms. The third-order valence-corrected chi connectivity index (χ3v) is 6.63. The maximum atomic E-state index is 12.8. The van der Waals surface area contributed by atoms with Gasteiger partial charge in [-0.2, -0.15) is 0 Å². The van der Waals surface area contributed by atoms with Gasteiger partial charge in [-0.05, 0) is 18.4 Å². The summed E-state index contributed by atoms with van der Waals surface area (Å²) in [7, 11) is -0.574. The third-order valence-electron chi connectivity index (χ3n) is 4.08. The second-order valence-corrected chi connectivity index (χ2v) is 9.78. The van der Waals surface area contributed by atoms with Crippen LogP contribution in [0.25, 0.3) is 0 Å². The summed E-state index contributed by atoms with van der Waals surface area (Å²) in [6.07, 6.45) is 0.792. The van der Waals surface area contributed by atoms with Crippen LogP contribution in [-0.2, 0) is 27.0 Å². The van der Waals surface area contributed by atoms with E-state index in [1.54, 1.807) is 26.4 Å². The molecular weight excluding hydrogens is 434 g/mol. The topological polar surface area (TPSA) is 114 Å². The number of likely N-dealkylation sites (N-methyl/N-ethyl adjacent to an activating group) is 1. The van der Waals surface area contributed by atoms with Gasteiger partial charge in [-0.15, -0.1) is 11.3 Å². The van der Waals surface area contributed by atoms with E-state index < -0.39 is 19.5 Å². The summed E-state index contributed by atoms with van der Waals surface area (Å²) in [5.74, 6) is -0.579. The Morgan fingerprint density at radius 3 is 2.53 bits per heavy atom. The second-order valence-electron chi connectivity index (χ2n) is 6.87. The SMILES string of the molecule is CCCP(=O)([O-])NC(Cc1ccccc1)C(=O)Nc1nc(CC(=O)N(C)C)cs1.[Na+]. The van der Waals surface area contributed by atoms with Crippen LogP contribution < -0.4 is 44.9 Å². The third kappa shape index (κ3) is 8.98. The van der Waals surface area contributed by atoms with Crippen molar-refractivity contribution in [2.75, 3.05) is 25.6 Å². The maximum Gasteiger partial charge on any atom is 1.00 e. The van der Waals surface area contributed by atoms with Crippen LogP contribution in [0.15, 0.2) is 35.7 Å². The molecule has 2 unspecified atom stereocenters. The van der Waals surface area contributed by atoms with Gasteiger partial charge in [0.1, 0.15) is 0 Å². The zero-order valence-corrected chi connectivity index (χ0v) is 21.5. The first-order chi connectivity index (χ1) is 13.7. The molecule has 8 nitrogen and oxygen atoms in total. The number of hydrogen-bond donors (Lipinski definition) is 2. The van der Waals surface area contributed by atoms with Crippen molar-refractivity contribution in [1.29, 1.82) is 0 Å². The standard InChI is InChI=1S/C19H27N4O4PS.Na/c1-4-10-28(26,27)22-16(11-14-8-6-5-7-9-14)18(25)21-19-20-15(13-29-19)12-17(24)23(2)3;/h5-9,13,16H,4,10-12H2,1-3H3,(H,20,21,25)(H2,22,26,27);/q;+1/p-1. The van der Waals surface area contributed by atoms with Gasteiger partial charge in [-0.25, -0.2) is 4.98 Å². The van der Waals surface area contributed by atoms with Crippen molar-refractivity contribution >= 4 is 35.8 Å². The fraction of sp³-hybridized carbons (Fsp3) is 0.421. The van der Waals surface area contributed by atoms with E-state index in [4.69, 9.17) is 0 Å². The Balaban J connectivity index is 0.00000450. The molecule has 0 aliphatic rings. The summed E-state index contributed by atoms with van der Waals surface area (Å²) >= 11 is 1.19. The Kier molecular flexibility index (Phi) is 11.4. The van der Waals surface area contributed by atoms with Crippen molar-refractivity contribution in [3.8, 4) is 0 Å². The first-order valence-electron chi connectivity index (χ1n) is 9.27. The van der Waals surface area contributed by atoms with Crippen LogP contribution in [-0.4, -0.2) is 48.0 Å². The minimum atomic E-state index is -3.90. The number of amides is 2. The largest absolute Gasteiger partial charge is 1.00 e. The van der Waals surface area contributed by atoms with E-state index in [2.05, 4.69) is 15.4 Å². The Morgan fingerprint density at radius 1 is 1.27 bits per heavy atom. The molecule has 2 atom stereocenters. The molecule has 1 aromatic carbocycles. The summed E-state index contributed by atoms with van der Waals surface area (Å²) in [4.78, 5) is 42.6. The molecule has 2 N–H and O–H groups in total. The van der Waals surface area contributed by atoms with Crippen molar-refractivity contribution < 1.29 is 48.6 Å². The van der Waals surface area contributed by atoms with Crippen LogP contribution in [0.4, 0.5) is 5.13 Å². The van der Waals surface area contributed by atoms with Crippen LogP contribution in [0.1, 0.15) is 24.6 Å². The van der Waals surface area contributed by atoms with Gasteiger partial charge in [0.05, 0.1) is 25.7 Å². The van der Waals surface area contributed by atoms with Gasteiger partial charge in [0.15, 0.2) is 5.13 Å². The smallest absolute Gasteiger partial charge is 0.788 e. The van der Waals surface area contributed by atoms with Crippen molar-refractivity contribution in [3.63, 3.8) is 0 Å². The fourth-order valence-electron chi connectivity index (χ4n) is 2.59. The number of rotatable bonds is 10. The van der Waals surface area contributed by atoms with E-state index in [0.717, 1.165) is 5.56 Å². The normalized spacial score (nSPS) is 13.6. The summed E-state index contributed by atoms with van der Waals surface area (Å²) < 4.78 is 12.3. The van der Waals surface area contributed by atoms with Crippen molar-refractivity contribution in [2.24, 2.45) is 0 Å². The number of thiazole rings is 1. The Bertz CT molecular complexity index is 878. The number of nitrogens with one attached hydrogen (secondary N) is 2. The average Bonchev–Trinajstić information content (AvgIpc) is 3.08. The minimum absolute atomic E-state index is 0. The first kappa shape index (κ1) is 27.0. The molecular formula is C19H26N4NaO4PS. The van der Waals surface area contributed by atoms with E-state index in [1.807, 2.05) is 30.3 Å². The van der Waals surface area contributed by atoms with Crippen LogP contribution in [0.2, 0.25) is 0 Å². The molecule has 2 rings (SSSR count). The van der Waals surface area contributed by atoms with Gasteiger partial charge in [0, 0.05) is 25.6 Å². The van der Waals surface area contributed by atoms with Crippen LogP contribution in [0.5, 0.6) is 0 Å². The second kappa shape index (κ2) is 12.7. The van der Waals surface area contributed by atoms with E-state index in [0.29, 0.717) is 17.2 Å². The summed E-state index contributed by atoms with van der Waals surface area (Å²) in [5.41, 5.74) is 1.39. The molecule has 0 aliphatic carbocycles. The molecule has 158 valence electrons. The summed E-state index contributed by atoms with van der Waals surface area (Å²) in [5, 5.41) is 7.22. The van der Waals surface area contributed by atoms with E-state index in [-0.39, 0.29) is 54.5 Å². The molecule has 2 amide bonds. The molecule has 0 fully saturated rings. The molecule has 0 aliphatic heterocycles. The number of carbonyl (C=O) groups is 2. The number of hydrogen-bond acceptors (Lipinski definition) is 6. The average molecular weight is 460 g/mol. The minimum Gasteiger partial charge on any atom is -0.788 e. The van der Waals surface area contributed by atoms with Crippen molar-refractivity contribution in [3.05, 3.63) is 47.0 Å². The Labute approximate surface area is 203 Å². The fourth-order valence-corrected chi connectivity index (χ4v) is 4.71. The summed E-state index contributed by atoms with van der Waals surface area (Å²) in [6.45, 7) is 1.77. The number of nitrogens with zero attached hydrogens (tertiary/aromatic N) is 2. The molecule has 0 spiro atoms. The molecule has 30 heavy (non-hydrogen) atoms. The Morgan fingerprint density at radius 2 is 1.93 bits per heavy atom. The van der Waals surface area contributed by atoms with Crippen molar-refractivity contribution in [1.82, 2.24) is 15.0 Å². The molecule has 0 saturated heterocycles. The van der Waals surface area contributed by atoms with Gasteiger partial charge >= 0.3 is 29.6 Å². The van der Waals surface area contributed by atoms with Gasteiger partial charge in [0.25, 0.3) is 0 Å². The number of aromatic nitrogens is 1. The first-order valence-corrected chi connectivity index (χ1v) is 12.0. The van der Waals surface area contributed by atoms with Gasteiger partial charge in [0.2, 0.25) is 11.8 Å². The molecule has 1 aromatic heterocycles. The predicted molar refractivity (Wildman–Crippen MR) is 113 cm³/mol. The number of carbonyl (C=O) groups excluding carboxylic acids is 2. The molecule has 0 bridgehead atoms. The summed E-state index contributed by atoms with van der Waals surface area (Å²) in [6, 6.07) is 8.25. The van der Waals surface area contributed by atoms with Crippen LogP contribution in [0, 0.1) is 0 Å². The molecule has 0 radical (unpaired) electrons. The van der Waals surface area contributed by atoms with Crippen LogP contribution in [0.3, 0.4) is 0 Å². The zero-order chi connectivity index (χ0) is 21.4. The monoisotopic (exact) mass is 460 g/mol. The number of anilines is 1. The van der Waals surface area contributed by atoms with Gasteiger partial charge in [-0.1, -0.05) is 37.3 Å². The maximum absolute atomic E-state index is 12.8. The van der Waals surface area contributed by atoms with Gasteiger partial charge < -0.3 is 19.7 Å². The molecule has 0 saturated carbocycles. The van der Waals surface area contributed by atoms with E-state index >= 15 is 0 Å². The molecule has 2 aromatic rings. The van der Waals surface area contributed by atoms with Crippen LogP contribution >= 0.6 is 18.9 Å². The molecule has 1 heterocycles.